The van der Waals surface area contributed by atoms with Crippen molar-refractivity contribution in [1.82, 2.24) is 0 Å². The number of phenolic OH excluding ortho intramolecular Hbond substituents is 1. The van der Waals surface area contributed by atoms with Crippen LogP contribution in [-0.2, 0) is 11.2 Å². The van der Waals surface area contributed by atoms with Gasteiger partial charge in [0.25, 0.3) is 0 Å². The summed E-state index contributed by atoms with van der Waals surface area (Å²) in [5, 5.41) is 9.34. The predicted molar refractivity (Wildman–Crippen MR) is 51.4 cm³/mol. The Morgan fingerprint density at radius 3 is 2.93 bits per heavy atom. The third-order valence-corrected chi connectivity index (χ3v) is 2.48. The molecule has 1 aliphatic rings. The number of carbonyl (C=O) groups excluding carboxylic acids is 1. The molecule has 0 spiro atoms. The van der Waals surface area contributed by atoms with Crippen LogP contribution >= 0.6 is 0 Å². The number of fused-ring (bicyclic) bond motifs is 1. The molecule has 0 amide bonds. The maximum atomic E-state index is 11.5. The Kier molecular flexibility index (Phi) is 1.95. The molecule has 0 saturated carbocycles. The normalized spacial score (nSPS) is 20.1. The summed E-state index contributed by atoms with van der Waals surface area (Å²) in [5.41, 5.74) is 2.44. The van der Waals surface area contributed by atoms with Gasteiger partial charge in [-0.2, -0.15) is 0 Å². The second kappa shape index (κ2) is 3.01. The van der Waals surface area contributed by atoms with Gasteiger partial charge in [0.15, 0.2) is 0 Å². The number of esters is 1. The van der Waals surface area contributed by atoms with E-state index < -0.39 is 0 Å². The zero-order valence-electron chi connectivity index (χ0n) is 8.20. The van der Waals surface area contributed by atoms with E-state index >= 15 is 0 Å². The highest BCUT2D eigenvalue weighted by molar-refractivity contribution is 5.93. The summed E-state index contributed by atoms with van der Waals surface area (Å²) in [5.74, 6) is -0.217. The Morgan fingerprint density at radius 2 is 2.21 bits per heavy atom. The van der Waals surface area contributed by atoms with Crippen molar-refractivity contribution in [2.24, 2.45) is 0 Å². The van der Waals surface area contributed by atoms with Crippen LogP contribution in [0.5, 0.6) is 5.75 Å². The van der Waals surface area contributed by atoms with Gasteiger partial charge in [0.1, 0.15) is 11.9 Å². The zero-order chi connectivity index (χ0) is 10.3. The third-order valence-electron chi connectivity index (χ3n) is 2.48. The van der Waals surface area contributed by atoms with E-state index in [-0.39, 0.29) is 17.8 Å². The summed E-state index contributed by atoms with van der Waals surface area (Å²) in [4.78, 5) is 11.5. The van der Waals surface area contributed by atoms with E-state index in [0.717, 1.165) is 17.5 Å². The van der Waals surface area contributed by atoms with E-state index in [9.17, 15) is 9.90 Å². The molecule has 0 aromatic heterocycles. The van der Waals surface area contributed by atoms with E-state index in [1.54, 1.807) is 6.07 Å². The molecule has 0 saturated heterocycles. The second-order valence-corrected chi connectivity index (χ2v) is 3.71. The molecule has 1 heterocycles. The van der Waals surface area contributed by atoms with E-state index in [2.05, 4.69) is 0 Å². The van der Waals surface area contributed by atoms with Crippen LogP contribution in [0.25, 0.3) is 0 Å². The largest absolute Gasteiger partial charge is 0.508 e. The SMILES string of the molecule is Cc1cc(O)cc2c1CC(C)OC2=O. The molecule has 2 rings (SSSR count). The average Bonchev–Trinajstić information content (AvgIpc) is 2.07. The molecule has 1 N–H and O–H groups in total. The van der Waals surface area contributed by atoms with Crippen LogP contribution < -0.4 is 0 Å². The summed E-state index contributed by atoms with van der Waals surface area (Å²) < 4.78 is 5.07. The number of aromatic hydroxyl groups is 1. The first-order valence-corrected chi connectivity index (χ1v) is 4.61. The predicted octanol–water partition coefficient (Wildman–Crippen LogP) is 1.80. The molecule has 3 nitrogen and oxygen atoms in total. The lowest BCUT2D eigenvalue weighted by atomic mass is 9.94. The number of rotatable bonds is 0. The molecule has 1 aromatic carbocycles. The van der Waals surface area contributed by atoms with Gasteiger partial charge in [-0.1, -0.05) is 0 Å². The maximum Gasteiger partial charge on any atom is 0.338 e. The smallest absolute Gasteiger partial charge is 0.338 e. The van der Waals surface area contributed by atoms with E-state index in [0.29, 0.717) is 5.56 Å². The van der Waals surface area contributed by atoms with Crippen LogP contribution in [0, 0.1) is 6.92 Å². The van der Waals surface area contributed by atoms with Gasteiger partial charge in [-0.25, -0.2) is 4.79 Å². The molecule has 3 heteroatoms. The van der Waals surface area contributed by atoms with Crippen molar-refractivity contribution in [3.8, 4) is 5.75 Å². The first-order chi connectivity index (χ1) is 6.58. The van der Waals surface area contributed by atoms with Gasteiger partial charge < -0.3 is 9.84 Å². The molecular weight excluding hydrogens is 180 g/mol. The van der Waals surface area contributed by atoms with Crippen molar-refractivity contribution in [3.63, 3.8) is 0 Å². The van der Waals surface area contributed by atoms with Crippen molar-refractivity contribution < 1.29 is 14.6 Å². The maximum absolute atomic E-state index is 11.5. The fourth-order valence-electron chi connectivity index (χ4n) is 1.83. The Bertz CT molecular complexity index is 396. The minimum absolute atomic E-state index is 0.0711. The van der Waals surface area contributed by atoms with Crippen molar-refractivity contribution in [3.05, 3.63) is 28.8 Å². The lowest BCUT2D eigenvalue weighted by molar-refractivity contribution is 0.0300. The Morgan fingerprint density at radius 1 is 1.50 bits per heavy atom. The van der Waals surface area contributed by atoms with Crippen molar-refractivity contribution in [1.29, 1.82) is 0 Å². The molecule has 1 aliphatic heterocycles. The minimum Gasteiger partial charge on any atom is -0.508 e. The van der Waals surface area contributed by atoms with Gasteiger partial charge in [-0.05, 0) is 37.1 Å². The number of hydrogen-bond acceptors (Lipinski definition) is 3. The topological polar surface area (TPSA) is 46.5 Å². The standard InChI is InChI=1S/C11H12O3/c1-6-3-8(12)5-10-9(6)4-7(2)14-11(10)13/h3,5,7,12H,4H2,1-2H3. The van der Waals surface area contributed by atoms with Gasteiger partial charge in [-0.15, -0.1) is 0 Å². The summed E-state index contributed by atoms with van der Waals surface area (Å²) in [6, 6.07) is 3.14. The fraction of sp³-hybridized carbons (Fsp3) is 0.364. The number of carbonyl (C=O) groups is 1. The molecule has 0 aliphatic carbocycles. The summed E-state index contributed by atoms with van der Waals surface area (Å²) in [7, 11) is 0. The molecule has 0 radical (unpaired) electrons. The molecule has 0 fully saturated rings. The number of hydrogen-bond donors (Lipinski definition) is 1. The lowest BCUT2D eigenvalue weighted by Crippen LogP contribution is -2.25. The summed E-state index contributed by atoms with van der Waals surface area (Å²) >= 11 is 0. The first-order valence-electron chi connectivity index (χ1n) is 4.61. The second-order valence-electron chi connectivity index (χ2n) is 3.71. The highest BCUT2D eigenvalue weighted by atomic mass is 16.5. The molecule has 0 bridgehead atoms. The minimum atomic E-state index is -0.335. The third kappa shape index (κ3) is 1.35. The Hall–Kier alpha value is -1.51. The van der Waals surface area contributed by atoms with Gasteiger partial charge in [0.05, 0.1) is 5.56 Å². The number of phenols is 1. The molecular formula is C11H12O3. The Labute approximate surface area is 82.3 Å². The van der Waals surface area contributed by atoms with Gasteiger partial charge in [-0.3, -0.25) is 0 Å². The monoisotopic (exact) mass is 192 g/mol. The van der Waals surface area contributed by atoms with Crippen LogP contribution in [0.2, 0.25) is 0 Å². The number of cyclic esters (lactones) is 1. The molecule has 1 atom stereocenters. The molecule has 1 aromatic rings. The van der Waals surface area contributed by atoms with Crippen LogP contribution in [-0.4, -0.2) is 17.2 Å². The van der Waals surface area contributed by atoms with E-state index in [4.69, 9.17) is 4.74 Å². The highest BCUT2D eigenvalue weighted by Gasteiger charge is 2.25. The lowest BCUT2D eigenvalue weighted by Gasteiger charge is -2.23. The number of ether oxygens (including phenoxy) is 1. The van der Waals surface area contributed by atoms with Crippen molar-refractivity contribution in [2.75, 3.05) is 0 Å². The summed E-state index contributed by atoms with van der Waals surface area (Å²) in [6.45, 7) is 3.76. The van der Waals surface area contributed by atoms with Crippen LogP contribution in [0.4, 0.5) is 0 Å². The van der Waals surface area contributed by atoms with Gasteiger partial charge >= 0.3 is 5.97 Å². The van der Waals surface area contributed by atoms with Gasteiger partial charge in [0, 0.05) is 6.42 Å². The zero-order valence-corrected chi connectivity index (χ0v) is 8.20. The van der Waals surface area contributed by atoms with Gasteiger partial charge in [0.2, 0.25) is 0 Å². The number of aryl methyl sites for hydroxylation is 1. The Balaban J connectivity index is 2.59. The van der Waals surface area contributed by atoms with Crippen molar-refractivity contribution in [2.45, 2.75) is 26.4 Å². The average molecular weight is 192 g/mol. The molecule has 14 heavy (non-hydrogen) atoms. The molecule has 1 unspecified atom stereocenters. The van der Waals surface area contributed by atoms with Crippen LogP contribution in [0.3, 0.4) is 0 Å². The molecule has 74 valence electrons. The quantitative estimate of drug-likeness (QED) is 0.637. The van der Waals surface area contributed by atoms with Crippen LogP contribution in [0.15, 0.2) is 12.1 Å². The number of benzene rings is 1. The van der Waals surface area contributed by atoms with Crippen LogP contribution in [0.1, 0.15) is 28.4 Å². The summed E-state index contributed by atoms with van der Waals surface area (Å²) in [6.07, 6.45) is 0.658. The highest BCUT2D eigenvalue weighted by Crippen LogP contribution is 2.27. The van der Waals surface area contributed by atoms with E-state index in [1.165, 1.54) is 6.07 Å². The van der Waals surface area contributed by atoms with Crippen molar-refractivity contribution >= 4 is 5.97 Å². The fourth-order valence-corrected chi connectivity index (χ4v) is 1.83. The van der Waals surface area contributed by atoms with E-state index in [1.807, 2.05) is 13.8 Å². The first kappa shape index (κ1) is 9.06.